The summed E-state index contributed by atoms with van der Waals surface area (Å²) in [5.41, 5.74) is 9.51. The molecule has 1 amide bonds. The van der Waals surface area contributed by atoms with Crippen molar-refractivity contribution in [2.75, 3.05) is 7.05 Å². The number of nitrogens with one attached hydrogen (secondary N) is 1. The first-order valence-corrected chi connectivity index (χ1v) is 8.36. The van der Waals surface area contributed by atoms with E-state index in [4.69, 9.17) is 5.73 Å². The average Bonchev–Trinajstić information content (AvgIpc) is 2.46. The van der Waals surface area contributed by atoms with Crippen molar-refractivity contribution in [2.45, 2.75) is 38.0 Å². The lowest BCUT2D eigenvalue weighted by molar-refractivity contribution is -0.136. The molecule has 0 radical (unpaired) electrons. The smallest absolute Gasteiger partial charge is 0.318 e. The number of nitrogens with two attached hydrogens (primary N) is 1. The highest BCUT2D eigenvalue weighted by Gasteiger charge is 2.23. The molecule has 0 spiro atoms. The molecule has 23 heavy (non-hydrogen) atoms. The number of hydrogen-bond donors (Lipinski definition) is 3. The zero-order valence-corrected chi connectivity index (χ0v) is 14.5. The summed E-state index contributed by atoms with van der Waals surface area (Å²) >= 11 is 1.08. The van der Waals surface area contributed by atoms with Gasteiger partial charge in [0.25, 0.3) is 5.91 Å². The standard InChI is InChI=1S/C16H25N3O3S/c1-11(2)9-14(16(21)22)23-19(3)18-15(20)13(17)10-12-7-5-4-6-8-12/h4-8,11,13-14H,9-10,17H2,1-3H3,(H,18,20)(H,21,22). The fourth-order valence-electron chi connectivity index (χ4n) is 2.03. The van der Waals surface area contributed by atoms with Gasteiger partial charge in [-0.1, -0.05) is 44.2 Å². The fraction of sp³-hybridized carbons (Fsp3) is 0.500. The molecular weight excluding hydrogens is 314 g/mol. The molecule has 7 heteroatoms. The third-order valence-electron chi connectivity index (χ3n) is 3.15. The molecule has 128 valence electrons. The van der Waals surface area contributed by atoms with Crippen molar-refractivity contribution in [3.8, 4) is 0 Å². The number of carboxylic acid groups (broad SMARTS) is 1. The Morgan fingerprint density at radius 2 is 1.91 bits per heavy atom. The van der Waals surface area contributed by atoms with Gasteiger partial charge >= 0.3 is 5.97 Å². The molecule has 0 fully saturated rings. The Morgan fingerprint density at radius 1 is 1.30 bits per heavy atom. The highest BCUT2D eigenvalue weighted by molar-refractivity contribution is 7.98. The quantitative estimate of drug-likeness (QED) is 0.468. The maximum Gasteiger partial charge on any atom is 0.318 e. The number of carbonyl (C=O) groups excluding carboxylic acids is 1. The molecule has 0 bridgehead atoms. The third-order valence-corrected chi connectivity index (χ3v) is 4.21. The van der Waals surface area contributed by atoms with Gasteiger partial charge in [-0.15, -0.1) is 0 Å². The van der Waals surface area contributed by atoms with Crippen LogP contribution in [0.4, 0.5) is 0 Å². The maximum atomic E-state index is 12.1. The summed E-state index contributed by atoms with van der Waals surface area (Å²) in [4.78, 5) is 23.3. The summed E-state index contributed by atoms with van der Waals surface area (Å²) in [7, 11) is 1.62. The Labute approximate surface area is 141 Å². The van der Waals surface area contributed by atoms with Gasteiger partial charge in [0.1, 0.15) is 5.25 Å². The lowest BCUT2D eigenvalue weighted by Gasteiger charge is -2.23. The van der Waals surface area contributed by atoms with E-state index in [0.29, 0.717) is 12.8 Å². The van der Waals surface area contributed by atoms with Gasteiger partial charge in [-0.3, -0.25) is 15.0 Å². The fourth-order valence-corrected chi connectivity index (χ4v) is 3.12. The Balaban J connectivity index is 2.49. The molecule has 0 saturated heterocycles. The van der Waals surface area contributed by atoms with Gasteiger partial charge in [-0.25, -0.2) is 0 Å². The number of hydrazine groups is 1. The zero-order chi connectivity index (χ0) is 17.4. The molecule has 0 saturated carbocycles. The molecule has 1 rings (SSSR count). The maximum absolute atomic E-state index is 12.1. The number of carbonyl (C=O) groups is 2. The summed E-state index contributed by atoms with van der Waals surface area (Å²) in [6, 6.07) is 8.83. The van der Waals surface area contributed by atoms with Crippen LogP contribution < -0.4 is 11.2 Å². The summed E-state index contributed by atoms with van der Waals surface area (Å²) in [5.74, 6) is -0.969. The van der Waals surface area contributed by atoms with E-state index < -0.39 is 17.3 Å². The van der Waals surface area contributed by atoms with E-state index in [2.05, 4.69) is 5.43 Å². The summed E-state index contributed by atoms with van der Waals surface area (Å²) in [6.45, 7) is 3.93. The monoisotopic (exact) mass is 339 g/mol. The average molecular weight is 339 g/mol. The summed E-state index contributed by atoms with van der Waals surface area (Å²) in [6.07, 6.45) is 0.954. The first-order chi connectivity index (χ1) is 10.8. The number of hydrogen-bond acceptors (Lipinski definition) is 5. The van der Waals surface area contributed by atoms with E-state index in [-0.39, 0.29) is 11.8 Å². The molecule has 6 nitrogen and oxygen atoms in total. The highest BCUT2D eigenvalue weighted by Crippen LogP contribution is 2.21. The van der Waals surface area contributed by atoms with Crippen LogP contribution in [0, 0.1) is 5.92 Å². The number of nitrogens with zero attached hydrogens (tertiary/aromatic N) is 1. The van der Waals surface area contributed by atoms with Crippen LogP contribution >= 0.6 is 11.9 Å². The summed E-state index contributed by atoms with van der Waals surface area (Å²) < 4.78 is 1.42. The molecule has 4 N–H and O–H groups in total. The SMILES string of the molecule is CC(C)CC(SN(C)NC(=O)C(N)Cc1ccccc1)C(=O)O. The van der Waals surface area contributed by atoms with E-state index in [9.17, 15) is 14.7 Å². The first kappa shape index (κ1) is 19.5. The van der Waals surface area contributed by atoms with Gasteiger partial charge < -0.3 is 10.8 Å². The van der Waals surface area contributed by atoms with E-state index in [0.717, 1.165) is 17.5 Å². The van der Waals surface area contributed by atoms with Crippen LogP contribution in [0.3, 0.4) is 0 Å². The Bertz CT molecular complexity index is 511. The van der Waals surface area contributed by atoms with Gasteiger partial charge in [0, 0.05) is 7.05 Å². The van der Waals surface area contributed by atoms with Crippen molar-refractivity contribution >= 4 is 23.8 Å². The number of rotatable bonds is 9. The van der Waals surface area contributed by atoms with Crippen LogP contribution in [-0.2, 0) is 16.0 Å². The van der Waals surface area contributed by atoms with E-state index in [1.165, 1.54) is 4.41 Å². The van der Waals surface area contributed by atoms with Crippen LogP contribution in [0.5, 0.6) is 0 Å². The van der Waals surface area contributed by atoms with Gasteiger partial charge in [-0.2, -0.15) is 4.41 Å². The lowest BCUT2D eigenvalue weighted by atomic mass is 10.1. The Hall–Kier alpha value is -1.57. The lowest BCUT2D eigenvalue weighted by Crippen LogP contribution is -2.47. The zero-order valence-electron chi connectivity index (χ0n) is 13.7. The molecule has 0 heterocycles. The molecule has 1 aromatic rings. The largest absolute Gasteiger partial charge is 0.480 e. The van der Waals surface area contributed by atoms with Crippen LogP contribution in [-0.4, -0.2) is 39.7 Å². The first-order valence-electron chi connectivity index (χ1n) is 7.53. The summed E-state index contributed by atoms with van der Waals surface area (Å²) in [5, 5.41) is 8.62. The molecule has 1 aromatic carbocycles. The van der Waals surface area contributed by atoms with E-state index in [1.54, 1.807) is 7.05 Å². The van der Waals surface area contributed by atoms with Crippen molar-refractivity contribution in [1.29, 1.82) is 0 Å². The van der Waals surface area contributed by atoms with Gasteiger partial charge in [0.05, 0.1) is 6.04 Å². The van der Waals surface area contributed by atoms with Crippen molar-refractivity contribution in [1.82, 2.24) is 9.84 Å². The molecule has 0 aliphatic rings. The topological polar surface area (TPSA) is 95.7 Å². The van der Waals surface area contributed by atoms with E-state index in [1.807, 2.05) is 44.2 Å². The second-order valence-electron chi connectivity index (χ2n) is 5.83. The van der Waals surface area contributed by atoms with Gasteiger partial charge in [-0.05, 0) is 36.3 Å². The Kier molecular flexibility index (Phi) is 8.08. The number of benzene rings is 1. The predicted octanol–water partition coefficient (Wildman–Crippen LogP) is 1.67. The van der Waals surface area contributed by atoms with Crippen LogP contribution in [0.1, 0.15) is 25.8 Å². The molecular formula is C16H25N3O3S. The second kappa shape index (κ2) is 9.54. The molecule has 2 unspecified atom stereocenters. The van der Waals surface area contributed by atoms with Gasteiger partial charge in [0.2, 0.25) is 0 Å². The number of aliphatic carboxylic acids is 1. The third kappa shape index (κ3) is 7.49. The Morgan fingerprint density at radius 3 is 2.43 bits per heavy atom. The minimum atomic E-state index is -0.890. The molecule has 0 aliphatic heterocycles. The minimum absolute atomic E-state index is 0.257. The van der Waals surface area contributed by atoms with E-state index >= 15 is 0 Å². The second-order valence-corrected chi connectivity index (χ2v) is 7.16. The minimum Gasteiger partial charge on any atom is -0.480 e. The van der Waals surface area contributed by atoms with Crippen LogP contribution in [0.15, 0.2) is 30.3 Å². The van der Waals surface area contributed by atoms with Crippen LogP contribution in [0.2, 0.25) is 0 Å². The molecule has 0 aliphatic carbocycles. The van der Waals surface area contributed by atoms with Crippen molar-refractivity contribution < 1.29 is 14.7 Å². The molecule has 0 aromatic heterocycles. The predicted molar refractivity (Wildman–Crippen MR) is 92.5 cm³/mol. The molecule has 2 atom stereocenters. The number of amides is 1. The van der Waals surface area contributed by atoms with Crippen molar-refractivity contribution in [3.63, 3.8) is 0 Å². The highest BCUT2D eigenvalue weighted by atomic mass is 32.2. The normalized spacial score (nSPS) is 13.8. The number of carboxylic acids is 1. The van der Waals surface area contributed by atoms with Crippen molar-refractivity contribution in [3.05, 3.63) is 35.9 Å². The van der Waals surface area contributed by atoms with Crippen LogP contribution in [0.25, 0.3) is 0 Å². The van der Waals surface area contributed by atoms with Crippen molar-refractivity contribution in [2.24, 2.45) is 11.7 Å². The van der Waals surface area contributed by atoms with Gasteiger partial charge in [0.15, 0.2) is 0 Å².